The third-order valence-corrected chi connectivity index (χ3v) is 2.62. The van der Waals surface area contributed by atoms with Crippen LogP contribution in [-0.2, 0) is 14.3 Å². The monoisotopic (exact) mass is 326 g/mol. The fourth-order valence-electron chi connectivity index (χ4n) is 1.53. The van der Waals surface area contributed by atoms with E-state index in [1.807, 2.05) is 5.32 Å². The number of ether oxygens (including phenoxy) is 3. The normalized spacial score (nSPS) is 9.83. The number of hydrogen-bond donors (Lipinski definition) is 3. The van der Waals surface area contributed by atoms with E-state index in [2.05, 4.69) is 5.32 Å². The Hall–Kier alpha value is -2.81. The zero-order valence-electron chi connectivity index (χ0n) is 12.8. The average molecular weight is 326 g/mol. The molecule has 0 aromatic heterocycles. The molecule has 1 aromatic carbocycles. The van der Waals surface area contributed by atoms with Crippen molar-refractivity contribution in [3.05, 3.63) is 23.8 Å². The molecule has 0 saturated carbocycles. The Morgan fingerprint density at radius 2 is 1.96 bits per heavy atom. The van der Waals surface area contributed by atoms with Gasteiger partial charge in [-0.3, -0.25) is 10.1 Å². The first kappa shape index (κ1) is 18.2. The van der Waals surface area contributed by atoms with Crippen molar-refractivity contribution in [1.29, 1.82) is 0 Å². The van der Waals surface area contributed by atoms with Gasteiger partial charge in [-0.2, -0.15) is 0 Å². The van der Waals surface area contributed by atoms with Crippen LogP contribution in [0.3, 0.4) is 0 Å². The summed E-state index contributed by atoms with van der Waals surface area (Å²) in [6, 6.07) is 3.53. The predicted octanol–water partition coefficient (Wildman–Crippen LogP) is 0.0298. The Morgan fingerprint density at radius 1 is 1.22 bits per heavy atom. The molecular formula is C14H18N2O7. The minimum absolute atomic E-state index is 0.0985. The Morgan fingerprint density at radius 3 is 2.61 bits per heavy atom. The second-order valence-corrected chi connectivity index (χ2v) is 4.23. The van der Waals surface area contributed by atoms with Gasteiger partial charge in [-0.25, -0.2) is 9.59 Å². The van der Waals surface area contributed by atoms with E-state index in [1.54, 1.807) is 0 Å². The van der Waals surface area contributed by atoms with Crippen molar-refractivity contribution in [2.45, 2.75) is 0 Å². The number of para-hydroxylation sites is 1. The van der Waals surface area contributed by atoms with Crippen LogP contribution in [-0.4, -0.2) is 57.0 Å². The maximum Gasteiger partial charge on any atom is 0.342 e. The molecule has 0 atom stereocenters. The quantitative estimate of drug-likeness (QED) is 0.477. The van der Waals surface area contributed by atoms with E-state index in [9.17, 15) is 19.5 Å². The van der Waals surface area contributed by atoms with E-state index in [4.69, 9.17) is 14.2 Å². The standard InChI is InChI=1S/C14H18N2O7/c1-21-7-6-15-14(20)16-11(17)8-23-13(19)9-4-3-5-10(22-2)12(9)18/h3-5,18H,6-8H2,1-2H3,(H2,15,16,17,20). The number of nitrogens with one attached hydrogen (secondary N) is 2. The summed E-state index contributed by atoms with van der Waals surface area (Å²) >= 11 is 0. The number of urea groups is 1. The number of imide groups is 1. The highest BCUT2D eigenvalue weighted by atomic mass is 16.5. The van der Waals surface area contributed by atoms with Gasteiger partial charge in [0.1, 0.15) is 5.56 Å². The number of benzene rings is 1. The molecule has 1 rings (SSSR count). The van der Waals surface area contributed by atoms with Crippen LogP contribution in [0.5, 0.6) is 11.5 Å². The van der Waals surface area contributed by atoms with Crippen molar-refractivity contribution in [3.63, 3.8) is 0 Å². The van der Waals surface area contributed by atoms with E-state index in [1.165, 1.54) is 32.4 Å². The molecule has 0 spiro atoms. The first-order chi connectivity index (χ1) is 11.0. The zero-order valence-corrected chi connectivity index (χ0v) is 12.8. The number of amides is 3. The van der Waals surface area contributed by atoms with Crippen LogP contribution >= 0.6 is 0 Å². The van der Waals surface area contributed by atoms with Crippen LogP contribution in [0.4, 0.5) is 4.79 Å². The number of hydrogen-bond acceptors (Lipinski definition) is 7. The molecule has 9 heteroatoms. The highest BCUT2D eigenvalue weighted by Crippen LogP contribution is 2.29. The van der Waals surface area contributed by atoms with Crippen molar-refractivity contribution in [1.82, 2.24) is 10.6 Å². The molecule has 0 bridgehead atoms. The third-order valence-electron chi connectivity index (χ3n) is 2.62. The molecule has 0 unspecified atom stereocenters. The van der Waals surface area contributed by atoms with E-state index < -0.39 is 30.3 Å². The highest BCUT2D eigenvalue weighted by Gasteiger charge is 2.17. The number of aromatic hydroxyl groups is 1. The fourth-order valence-corrected chi connectivity index (χ4v) is 1.53. The summed E-state index contributed by atoms with van der Waals surface area (Å²) in [6.45, 7) is -0.147. The number of methoxy groups -OCH3 is 2. The third kappa shape index (κ3) is 5.83. The van der Waals surface area contributed by atoms with Crippen molar-refractivity contribution in [3.8, 4) is 11.5 Å². The van der Waals surface area contributed by atoms with Gasteiger partial charge in [0.25, 0.3) is 5.91 Å². The largest absolute Gasteiger partial charge is 0.504 e. The molecular weight excluding hydrogens is 308 g/mol. The van der Waals surface area contributed by atoms with Crippen LogP contribution in [0.25, 0.3) is 0 Å². The molecule has 126 valence electrons. The maximum absolute atomic E-state index is 11.8. The van der Waals surface area contributed by atoms with Gasteiger partial charge < -0.3 is 24.6 Å². The molecule has 0 radical (unpaired) electrons. The van der Waals surface area contributed by atoms with Crippen molar-refractivity contribution < 1.29 is 33.7 Å². The minimum atomic E-state index is -0.920. The van der Waals surface area contributed by atoms with Gasteiger partial charge in [0.15, 0.2) is 18.1 Å². The average Bonchev–Trinajstić information content (AvgIpc) is 2.53. The summed E-state index contributed by atoms with van der Waals surface area (Å²) in [7, 11) is 2.80. The SMILES string of the molecule is COCCNC(=O)NC(=O)COC(=O)c1cccc(OC)c1O. The number of phenols is 1. The van der Waals surface area contributed by atoms with E-state index in [-0.39, 0.29) is 17.9 Å². The molecule has 3 amide bonds. The highest BCUT2D eigenvalue weighted by molar-refractivity contribution is 5.98. The number of carbonyl (C=O) groups is 3. The molecule has 0 fully saturated rings. The van der Waals surface area contributed by atoms with Gasteiger partial charge in [-0.05, 0) is 12.1 Å². The first-order valence-corrected chi connectivity index (χ1v) is 6.59. The van der Waals surface area contributed by atoms with Gasteiger partial charge in [0.2, 0.25) is 0 Å². The lowest BCUT2D eigenvalue weighted by Crippen LogP contribution is -2.42. The number of esters is 1. The molecule has 3 N–H and O–H groups in total. The van der Waals surface area contributed by atoms with Gasteiger partial charge in [-0.15, -0.1) is 0 Å². The predicted molar refractivity (Wildman–Crippen MR) is 78.4 cm³/mol. The van der Waals surface area contributed by atoms with Gasteiger partial charge in [0, 0.05) is 13.7 Å². The number of carbonyl (C=O) groups excluding carboxylic acids is 3. The number of phenolic OH excluding ortho intramolecular Hbond substituents is 1. The summed E-state index contributed by atoms with van der Waals surface area (Å²) in [5.41, 5.74) is -0.151. The molecule has 0 heterocycles. The lowest BCUT2D eigenvalue weighted by atomic mass is 10.2. The summed E-state index contributed by atoms with van der Waals surface area (Å²) in [5, 5.41) is 14.1. The van der Waals surface area contributed by atoms with Crippen LogP contribution in [0, 0.1) is 0 Å². The second-order valence-electron chi connectivity index (χ2n) is 4.23. The molecule has 0 saturated heterocycles. The summed E-state index contributed by atoms with van der Waals surface area (Å²) in [4.78, 5) is 34.5. The van der Waals surface area contributed by atoms with Crippen molar-refractivity contribution in [2.24, 2.45) is 0 Å². The van der Waals surface area contributed by atoms with Gasteiger partial charge in [-0.1, -0.05) is 6.07 Å². The fraction of sp³-hybridized carbons (Fsp3) is 0.357. The minimum Gasteiger partial charge on any atom is -0.504 e. The molecule has 23 heavy (non-hydrogen) atoms. The molecule has 9 nitrogen and oxygen atoms in total. The van der Waals surface area contributed by atoms with Gasteiger partial charge >= 0.3 is 12.0 Å². The second kappa shape index (κ2) is 9.26. The van der Waals surface area contributed by atoms with Gasteiger partial charge in [0.05, 0.1) is 13.7 Å². The maximum atomic E-state index is 11.8. The smallest absolute Gasteiger partial charge is 0.342 e. The number of rotatable bonds is 7. The van der Waals surface area contributed by atoms with E-state index in [0.29, 0.717) is 6.61 Å². The lowest BCUT2D eigenvalue weighted by Gasteiger charge is -2.09. The Labute approximate surface area is 132 Å². The summed E-state index contributed by atoms with van der Waals surface area (Å²) in [5.74, 6) is -2.02. The summed E-state index contributed by atoms with van der Waals surface area (Å²) < 4.78 is 14.3. The topological polar surface area (TPSA) is 123 Å². The molecule has 0 aliphatic rings. The van der Waals surface area contributed by atoms with Crippen molar-refractivity contribution >= 4 is 17.9 Å². The van der Waals surface area contributed by atoms with Crippen LogP contribution in [0.2, 0.25) is 0 Å². The molecule has 0 aliphatic carbocycles. The van der Waals surface area contributed by atoms with Crippen LogP contribution in [0.1, 0.15) is 10.4 Å². The lowest BCUT2D eigenvalue weighted by molar-refractivity contribution is -0.123. The molecule has 1 aromatic rings. The van der Waals surface area contributed by atoms with Crippen LogP contribution < -0.4 is 15.4 Å². The Balaban J connectivity index is 2.47. The first-order valence-electron chi connectivity index (χ1n) is 6.59. The summed E-state index contributed by atoms with van der Waals surface area (Å²) in [6.07, 6.45) is 0. The Kier molecular flexibility index (Phi) is 7.34. The van der Waals surface area contributed by atoms with E-state index in [0.717, 1.165) is 0 Å². The zero-order chi connectivity index (χ0) is 17.2. The van der Waals surface area contributed by atoms with Crippen LogP contribution in [0.15, 0.2) is 18.2 Å². The van der Waals surface area contributed by atoms with E-state index >= 15 is 0 Å². The Bertz CT molecular complexity index is 574. The van der Waals surface area contributed by atoms with Crippen molar-refractivity contribution in [2.75, 3.05) is 34.0 Å². The molecule has 0 aliphatic heterocycles.